The molecule has 4 rings (SSSR count). The van der Waals surface area contributed by atoms with Crippen LogP contribution in [-0.2, 0) is 16.4 Å². The lowest BCUT2D eigenvalue weighted by Crippen LogP contribution is -2.36. The number of sulfonamides is 1. The Morgan fingerprint density at radius 3 is 2.63 bits per heavy atom. The predicted molar refractivity (Wildman–Crippen MR) is 118 cm³/mol. The molecule has 3 aromatic rings. The summed E-state index contributed by atoms with van der Waals surface area (Å²) < 4.78 is 27.3. The van der Waals surface area contributed by atoms with E-state index in [1.54, 1.807) is 35.4 Å². The molecule has 1 aromatic heterocycles. The Hall–Kier alpha value is -2.77. The maximum absolute atomic E-state index is 13.4. The molecule has 156 valence electrons. The van der Waals surface area contributed by atoms with Crippen LogP contribution in [0.4, 0.5) is 5.69 Å². The number of aryl methyl sites for hydroxylation is 1. The van der Waals surface area contributed by atoms with Gasteiger partial charge in [-0.25, -0.2) is 8.42 Å². The van der Waals surface area contributed by atoms with Gasteiger partial charge in [0.05, 0.1) is 16.0 Å². The number of nitrogens with zero attached hydrogens (tertiary/aromatic N) is 3. The Balaban J connectivity index is 1.73. The van der Waals surface area contributed by atoms with Crippen molar-refractivity contribution in [2.45, 2.75) is 31.6 Å². The number of hydrogen-bond donors (Lipinski definition) is 0. The fourth-order valence-electron chi connectivity index (χ4n) is 4.09. The fourth-order valence-corrected chi connectivity index (χ4v) is 5.59. The van der Waals surface area contributed by atoms with Gasteiger partial charge in [-0.2, -0.15) is 4.31 Å². The number of aromatic nitrogens is 1. The molecule has 0 fully saturated rings. The fraction of sp³-hybridized carbons (Fsp3) is 0.304. The van der Waals surface area contributed by atoms with E-state index >= 15 is 0 Å². The van der Waals surface area contributed by atoms with Gasteiger partial charge >= 0.3 is 0 Å². The van der Waals surface area contributed by atoms with Crippen LogP contribution < -0.4 is 4.90 Å². The van der Waals surface area contributed by atoms with Gasteiger partial charge in [-0.1, -0.05) is 32.0 Å². The molecule has 1 aliphatic heterocycles. The zero-order chi connectivity index (χ0) is 21.3. The van der Waals surface area contributed by atoms with Crippen LogP contribution in [0.15, 0.2) is 59.6 Å². The summed E-state index contributed by atoms with van der Waals surface area (Å²) in [6.45, 7) is 5.12. The normalized spacial score (nSPS) is 14.2. The summed E-state index contributed by atoms with van der Waals surface area (Å²) in [5, 5.41) is 0.817. The maximum atomic E-state index is 13.4. The highest BCUT2D eigenvalue weighted by Crippen LogP contribution is 2.32. The van der Waals surface area contributed by atoms with Gasteiger partial charge in [-0.05, 0) is 48.7 Å². The molecule has 0 bridgehead atoms. The first-order valence-electron chi connectivity index (χ1n) is 10.3. The number of para-hydroxylation sites is 1. The third kappa shape index (κ3) is 3.48. The maximum Gasteiger partial charge on any atom is 0.259 e. The van der Waals surface area contributed by atoms with E-state index in [1.807, 2.05) is 38.1 Å². The Morgan fingerprint density at radius 1 is 1.10 bits per heavy atom. The van der Waals surface area contributed by atoms with E-state index in [1.165, 1.54) is 4.31 Å². The van der Waals surface area contributed by atoms with Gasteiger partial charge in [0, 0.05) is 36.9 Å². The Kier molecular flexibility index (Phi) is 5.58. The average Bonchev–Trinajstić information content (AvgIpc) is 2.78. The first-order valence-corrected chi connectivity index (χ1v) is 11.7. The Morgan fingerprint density at radius 2 is 1.87 bits per heavy atom. The van der Waals surface area contributed by atoms with Gasteiger partial charge in [0.1, 0.15) is 0 Å². The van der Waals surface area contributed by atoms with Crippen LogP contribution in [-0.4, -0.2) is 43.2 Å². The largest absolute Gasteiger partial charge is 0.308 e. The van der Waals surface area contributed by atoms with Gasteiger partial charge in [-0.3, -0.25) is 9.78 Å². The number of hydrogen-bond acceptors (Lipinski definition) is 4. The first kappa shape index (κ1) is 20.5. The molecular weight excluding hydrogens is 398 g/mol. The third-order valence-corrected chi connectivity index (χ3v) is 7.68. The molecule has 0 spiro atoms. The summed E-state index contributed by atoms with van der Waals surface area (Å²) in [5.41, 5.74) is 3.06. The minimum absolute atomic E-state index is 0.0890. The highest BCUT2D eigenvalue weighted by molar-refractivity contribution is 7.89. The van der Waals surface area contributed by atoms with Crippen molar-refractivity contribution in [2.75, 3.05) is 24.5 Å². The van der Waals surface area contributed by atoms with Crippen molar-refractivity contribution in [1.29, 1.82) is 0 Å². The average molecular weight is 424 g/mol. The van der Waals surface area contributed by atoms with E-state index < -0.39 is 10.0 Å². The minimum atomic E-state index is -3.53. The van der Waals surface area contributed by atoms with Crippen molar-refractivity contribution < 1.29 is 13.2 Å². The lowest BCUT2D eigenvalue weighted by atomic mass is 10.00. The van der Waals surface area contributed by atoms with E-state index in [9.17, 15) is 13.2 Å². The monoisotopic (exact) mass is 423 g/mol. The number of amides is 1. The zero-order valence-electron chi connectivity index (χ0n) is 17.2. The Bertz CT molecular complexity index is 1200. The van der Waals surface area contributed by atoms with Crippen molar-refractivity contribution in [3.63, 3.8) is 0 Å². The summed E-state index contributed by atoms with van der Waals surface area (Å²) in [5.74, 6) is -0.0890. The van der Waals surface area contributed by atoms with Gasteiger partial charge in [0.2, 0.25) is 10.0 Å². The van der Waals surface area contributed by atoms with E-state index in [4.69, 9.17) is 0 Å². The van der Waals surface area contributed by atoms with Crippen LogP contribution >= 0.6 is 0 Å². The van der Waals surface area contributed by atoms with Crippen LogP contribution in [0.3, 0.4) is 0 Å². The van der Waals surface area contributed by atoms with Gasteiger partial charge in [-0.15, -0.1) is 0 Å². The van der Waals surface area contributed by atoms with Crippen LogP contribution in [0.5, 0.6) is 0 Å². The molecule has 0 unspecified atom stereocenters. The molecule has 2 aromatic carbocycles. The summed E-state index contributed by atoms with van der Waals surface area (Å²) in [6, 6.07) is 14.5. The number of carbonyl (C=O) groups is 1. The molecule has 0 saturated heterocycles. The van der Waals surface area contributed by atoms with Gasteiger partial charge in [0.25, 0.3) is 5.91 Å². The Labute approximate surface area is 177 Å². The number of rotatable bonds is 5. The van der Waals surface area contributed by atoms with Crippen LogP contribution in [0.1, 0.15) is 36.2 Å². The first-order chi connectivity index (χ1) is 14.5. The van der Waals surface area contributed by atoms with Crippen LogP contribution in [0, 0.1) is 0 Å². The number of anilines is 1. The topological polar surface area (TPSA) is 70.6 Å². The summed E-state index contributed by atoms with van der Waals surface area (Å²) >= 11 is 0. The van der Waals surface area contributed by atoms with E-state index in [-0.39, 0.29) is 10.8 Å². The van der Waals surface area contributed by atoms with E-state index in [0.717, 1.165) is 35.0 Å². The quantitative estimate of drug-likeness (QED) is 0.625. The van der Waals surface area contributed by atoms with Crippen LogP contribution in [0.25, 0.3) is 10.9 Å². The van der Waals surface area contributed by atoms with E-state index in [2.05, 4.69) is 4.98 Å². The second-order valence-electron chi connectivity index (χ2n) is 7.32. The smallest absolute Gasteiger partial charge is 0.259 e. The molecule has 1 amide bonds. The zero-order valence-corrected chi connectivity index (χ0v) is 18.0. The van der Waals surface area contributed by atoms with E-state index in [0.29, 0.717) is 25.2 Å². The second kappa shape index (κ2) is 8.16. The molecule has 2 heterocycles. The van der Waals surface area contributed by atoms with Crippen molar-refractivity contribution in [3.05, 3.63) is 65.9 Å². The highest BCUT2D eigenvalue weighted by atomic mass is 32.2. The van der Waals surface area contributed by atoms with Gasteiger partial charge in [0.15, 0.2) is 0 Å². The molecule has 0 radical (unpaired) electrons. The number of carbonyl (C=O) groups excluding carboxylic acids is 1. The highest BCUT2D eigenvalue weighted by Gasteiger charge is 2.28. The number of pyridine rings is 1. The second-order valence-corrected chi connectivity index (χ2v) is 9.25. The third-order valence-electron chi connectivity index (χ3n) is 5.64. The molecular formula is C23H25N3O3S. The lowest BCUT2D eigenvalue weighted by molar-refractivity contribution is 0.0986. The van der Waals surface area contributed by atoms with Crippen molar-refractivity contribution in [3.8, 4) is 0 Å². The van der Waals surface area contributed by atoms with Gasteiger partial charge < -0.3 is 4.90 Å². The molecule has 0 aliphatic carbocycles. The standard InChI is InChI=1S/C23H25N3O3S/c1-3-25(4-2)30(28,29)18-11-12-22-17(16-18)8-7-15-26(22)23(27)20-13-14-24-21-10-6-5-9-19(20)21/h5-6,9-14,16H,3-4,7-8,15H2,1-2H3. The molecule has 0 saturated carbocycles. The van der Waals surface area contributed by atoms with Crippen molar-refractivity contribution in [1.82, 2.24) is 9.29 Å². The number of benzene rings is 2. The molecule has 1 aliphatic rings. The predicted octanol–water partition coefficient (Wildman–Crippen LogP) is 3.86. The summed E-state index contributed by atoms with van der Waals surface area (Å²) in [7, 11) is -3.53. The van der Waals surface area contributed by atoms with Crippen molar-refractivity contribution in [2.24, 2.45) is 0 Å². The number of fused-ring (bicyclic) bond motifs is 2. The van der Waals surface area contributed by atoms with Crippen LogP contribution in [0.2, 0.25) is 0 Å². The molecule has 7 heteroatoms. The lowest BCUT2D eigenvalue weighted by Gasteiger charge is -2.30. The molecule has 0 N–H and O–H groups in total. The molecule has 30 heavy (non-hydrogen) atoms. The molecule has 0 atom stereocenters. The SMILES string of the molecule is CCN(CC)S(=O)(=O)c1ccc2c(c1)CCCN2C(=O)c1ccnc2ccccc12. The molecule has 6 nitrogen and oxygen atoms in total. The minimum Gasteiger partial charge on any atom is -0.308 e. The summed E-state index contributed by atoms with van der Waals surface area (Å²) in [4.78, 5) is 19.8. The summed E-state index contributed by atoms with van der Waals surface area (Å²) in [6.07, 6.45) is 3.19. The van der Waals surface area contributed by atoms with Crippen molar-refractivity contribution >= 4 is 32.5 Å².